The van der Waals surface area contributed by atoms with Crippen molar-refractivity contribution in [2.45, 2.75) is 6.42 Å². The van der Waals surface area contributed by atoms with Gasteiger partial charge in [-0.05, 0) is 38.7 Å². The molecule has 1 aromatic rings. The number of rotatable bonds is 9. The Kier molecular flexibility index (Phi) is 9.60. The van der Waals surface area contributed by atoms with Crippen LogP contribution in [-0.4, -0.2) is 49.5 Å². The third-order valence-electron chi connectivity index (χ3n) is 2.58. The van der Waals surface area contributed by atoms with Crippen molar-refractivity contribution in [3.05, 3.63) is 33.8 Å². The smallest absolute Gasteiger partial charge is 0.251 e. The van der Waals surface area contributed by atoms with Crippen LogP contribution in [-0.2, 0) is 0 Å². The molecule has 0 saturated heterocycles. The summed E-state index contributed by atoms with van der Waals surface area (Å²) in [5.74, 6) is 2.03. The van der Waals surface area contributed by atoms with Gasteiger partial charge < -0.3 is 10.2 Å². The van der Waals surface area contributed by atoms with Crippen molar-refractivity contribution in [2.24, 2.45) is 0 Å². The average Bonchev–Trinajstić information content (AvgIpc) is 2.44. The summed E-state index contributed by atoms with van der Waals surface area (Å²) in [6.45, 7) is 1.76. The molecule has 0 bridgehead atoms. The molecule has 0 aliphatic carbocycles. The van der Waals surface area contributed by atoms with Crippen LogP contribution < -0.4 is 5.32 Å². The van der Waals surface area contributed by atoms with E-state index in [2.05, 4.69) is 24.3 Å². The van der Waals surface area contributed by atoms with Gasteiger partial charge in [-0.25, -0.2) is 0 Å². The summed E-state index contributed by atoms with van der Waals surface area (Å²) >= 11 is 11.7. The Labute approximate surface area is 144 Å². The van der Waals surface area contributed by atoms with Gasteiger partial charge in [0.1, 0.15) is 0 Å². The molecule has 0 heterocycles. The second kappa shape index (κ2) is 10.6. The van der Waals surface area contributed by atoms with Crippen molar-refractivity contribution < 1.29 is 4.79 Å². The molecule has 1 amide bonds. The van der Waals surface area contributed by atoms with Gasteiger partial charge in [-0.2, -0.15) is 0 Å². The predicted octanol–water partition coefficient (Wildman–Crippen LogP) is 4.06. The van der Waals surface area contributed by atoms with Crippen LogP contribution in [0.15, 0.2) is 18.2 Å². The van der Waals surface area contributed by atoms with Gasteiger partial charge in [-0.1, -0.05) is 44.8 Å². The van der Waals surface area contributed by atoms with Crippen molar-refractivity contribution in [2.75, 3.05) is 38.7 Å². The maximum Gasteiger partial charge on any atom is 0.251 e. The number of nitrogens with zero attached hydrogens (tertiary/aromatic N) is 1. The minimum Gasteiger partial charge on any atom is -0.352 e. The van der Waals surface area contributed by atoms with Crippen LogP contribution in [0.5, 0.6) is 0 Å². The van der Waals surface area contributed by atoms with Crippen molar-refractivity contribution in [1.29, 1.82) is 0 Å². The Hall–Kier alpha value is -0.0700. The summed E-state index contributed by atoms with van der Waals surface area (Å²) in [6, 6.07) is 4.90. The topological polar surface area (TPSA) is 32.3 Å². The summed E-state index contributed by atoms with van der Waals surface area (Å²) < 4.78 is 0. The van der Waals surface area contributed by atoms with Gasteiger partial charge in [-0.3, -0.25) is 4.79 Å². The van der Waals surface area contributed by atoms with E-state index >= 15 is 0 Å². The number of hydrogen-bond donors (Lipinski definition) is 1. The van der Waals surface area contributed by atoms with Crippen molar-refractivity contribution in [3.8, 4) is 0 Å². The highest BCUT2D eigenvalue weighted by Crippen LogP contribution is 2.23. The van der Waals surface area contributed by atoms with E-state index in [-0.39, 0.29) is 5.91 Å². The maximum absolute atomic E-state index is 11.9. The molecule has 0 aliphatic rings. The number of hydrogen-bond acceptors (Lipinski definition) is 4. The standard InChI is InChI=1S/C14H20Cl2N2OS2/c1-18(2)7-9-21-20-8-3-6-17-14(19)11-4-5-12(15)13(16)10-11/h4-5,10H,3,6-9H2,1-2H3,(H,17,19). The molecular formula is C14H20Cl2N2OS2. The number of amides is 1. The Bertz CT molecular complexity index is 459. The van der Waals surface area contributed by atoms with Crippen LogP contribution in [0.4, 0.5) is 0 Å². The van der Waals surface area contributed by atoms with Gasteiger partial charge in [-0.15, -0.1) is 0 Å². The Morgan fingerprint density at radius 2 is 1.90 bits per heavy atom. The van der Waals surface area contributed by atoms with E-state index in [9.17, 15) is 4.79 Å². The third kappa shape index (κ3) is 8.21. The highest BCUT2D eigenvalue weighted by molar-refractivity contribution is 8.76. The zero-order valence-electron chi connectivity index (χ0n) is 12.2. The predicted molar refractivity (Wildman–Crippen MR) is 96.9 cm³/mol. The molecule has 0 saturated carbocycles. The fraction of sp³-hybridized carbons (Fsp3) is 0.500. The third-order valence-corrected chi connectivity index (χ3v) is 5.79. The fourth-order valence-corrected chi connectivity index (χ4v) is 3.93. The summed E-state index contributed by atoms with van der Waals surface area (Å²) in [4.78, 5) is 14.1. The van der Waals surface area contributed by atoms with E-state index in [0.29, 0.717) is 22.2 Å². The Morgan fingerprint density at radius 1 is 1.19 bits per heavy atom. The van der Waals surface area contributed by atoms with Crippen LogP contribution in [0.25, 0.3) is 0 Å². The molecule has 0 aromatic heterocycles. The quantitative estimate of drug-likeness (QED) is 0.527. The highest BCUT2D eigenvalue weighted by Gasteiger charge is 2.07. The molecule has 1 aromatic carbocycles. The first-order valence-corrected chi connectivity index (χ1v) is 9.87. The molecule has 0 atom stereocenters. The number of halogens is 2. The van der Waals surface area contributed by atoms with Crippen LogP contribution in [0.3, 0.4) is 0 Å². The Morgan fingerprint density at radius 3 is 2.57 bits per heavy atom. The Balaban J connectivity index is 2.12. The van der Waals surface area contributed by atoms with Gasteiger partial charge in [0.25, 0.3) is 5.91 Å². The van der Waals surface area contributed by atoms with E-state index < -0.39 is 0 Å². The molecule has 118 valence electrons. The van der Waals surface area contributed by atoms with E-state index in [0.717, 1.165) is 24.5 Å². The number of nitrogens with one attached hydrogen (secondary N) is 1. The first-order valence-electron chi connectivity index (χ1n) is 6.63. The van der Waals surface area contributed by atoms with Crippen LogP contribution in [0.1, 0.15) is 16.8 Å². The second-order valence-electron chi connectivity index (χ2n) is 4.69. The molecular weight excluding hydrogens is 347 g/mol. The van der Waals surface area contributed by atoms with Gasteiger partial charge in [0.2, 0.25) is 0 Å². The van der Waals surface area contributed by atoms with Gasteiger partial charge in [0.15, 0.2) is 0 Å². The zero-order valence-corrected chi connectivity index (χ0v) is 15.3. The molecule has 1 N–H and O–H groups in total. The lowest BCUT2D eigenvalue weighted by Crippen LogP contribution is -2.24. The van der Waals surface area contributed by atoms with Crippen molar-refractivity contribution in [3.63, 3.8) is 0 Å². The largest absolute Gasteiger partial charge is 0.352 e. The van der Waals surface area contributed by atoms with E-state index in [1.54, 1.807) is 18.2 Å². The van der Waals surface area contributed by atoms with E-state index in [1.807, 2.05) is 21.6 Å². The molecule has 0 fully saturated rings. The first kappa shape index (κ1) is 19.0. The minimum absolute atomic E-state index is 0.112. The molecule has 21 heavy (non-hydrogen) atoms. The van der Waals surface area contributed by atoms with Crippen LogP contribution in [0, 0.1) is 0 Å². The average molecular weight is 367 g/mol. The number of carbonyl (C=O) groups is 1. The molecule has 3 nitrogen and oxygen atoms in total. The highest BCUT2D eigenvalue weighted by atomic mass is 35.5. The first-order chi connectivity index (χ1) is 10.0. The zero-order chi connectivity index (χ0) is 15.7. The number of carbonyl (C=O) groups excluding carboxylic acids is 1. The SMILES string of the molecule is CN(C)CCSSCCCNC(=O)c1ccc(Cl)c(Cl)c1. The van der Waals surface area contributed by atoms with E-state index in [4.69, 9.17) is 23.2 Å². The second-order valence-corrected chi connectivity index (χ2v) is 8.20. The molecule has 0 spiro atoms. The summed E-state index contributed by atoms with van der Waals surface area (Å²) in [5, 5.41) is 3.74. The van der Waals surface area contributed by atoms with Crippen LogP contribution in [0.2, 0.25) is 10.0 Å². The van der Waals surface area contributed by atoms with Gasteiger partial charge in [0, 0.05) is 30.2 Å². The normalized spacial score (nSPS) is 10.9. The van der Waals surface area contributed by atoms with E-state index in [1.165, 1.54) is 0 Å². The van der Waals surface area contributed by atoms with Crippen molar-refractivity contribution in [1.82, 2.24) is 10.2 Å². The molecule has 0 unspecified atom stereocenters. The van der Waals surface area contributed by atoms with Gasteiger partial charge >= 0.3 is 0 Å². The summed E-state index contributed by atoms with van der Waals surface area (Å²) in [5.41, 5.74) is 0.539. The lowest BCUT2D eigenvalue weighted by molar-refractivity contribution is 0.0954. The lowest BCUT2D eigenvalue weighted by atomic mass is 10.2. The molecule has 0 aliphatic heterocycles. The fourth-order valence-electron chi connectivity index (χ4n) is 1.41. The summed E-state index contributed by atoms with van der Waals surface area (Å²) in [7, 11) is 7.86. The number of benzene rings is 1. The lowest BCUT2D eigenvalue weighted by Gasteiger charge is -2.08. The van der Waals surface area contributed by atoms with Gasteiger partial charge in [0.05, 0.1) is 10.0 Å². The molecule has 1 rings (SSSR count). The monoisotopic (exact) mass is 366 g/mol. The van der Waals surface area contributed by atoms with Crippen molar-refractivity contribution >= 4 is 50.7 Å². The minimum atomic E-state index is -0.112. The molecule has 0 radical (unpaired) electrons. The molecule has 7 heteroatoms. The summed E-state index contributed by atoms with van der Waals surface area (Å²) in [6.07, 6.45) is 0.951. The van der Waals surface area contributed by atoms with Crippen LogP contribution >= 0.6 is 44.8 Å². The maximum atomic E-state index is 11.9.